The van der Waals surface area contributed by atoms with Gasteiger partial charge >= 0.3 is 41.8 Å². The molecule has 0 aromatic carbocycles. The van der Waals surface area contributed by atoms with E-state index in [9.17, 15) is 38.7 Å². The van der Waals surface area contributed by atoms with Gasteiger partial charge in [-0.3, -0.25) is 28.8 Å². The number of ether oxygens (including phenoxy) is 10. The van der Waals surface area contributed by atoms with Gasteiger partial charge < -0.3 is 62.3 Å². The Bertz CT molecular complexity index is 1760. The molecule has 1 N–H and O–H groups in total. The minimum atomic E-state index is -1.44. The first kappa shape index (κ1) is 45.0. The van der Waals surface area contributed by atoms with Crippen molar-refractivity contribution in [1.82, 2.24) is 9.80 Å². The number of carbonyl (C=O) groups excluding carboxylic acids is 7. The summed E-state index contributed by atoms with van der Waals surface area (Å²) in [5.41, 5.74) is 0.559. The third-order valence-corrected chi connectivity index (χ3v) is 8.43. The molecule has 0 aliphatic carbocycles. The molecule has 0 spiro atoms. The molecule has 0 saturated carbocycles. The van der Waals surface area contributed by atoms with Gasteiger partial charge in [-0.25, -0.2) is 4.79 Å². The predicted molar refractivity (Wildman–Crippen MR) is 191 cm³/mol. The number of aliphatic hydroxyl groups is 1. The van der Waals surface area contributed by atoms with E-state index < -0.39 is 97.2 Å². The van der Waals surface area contributed by atoms with Crippen molar-refractivity contribution in [3.63, 3.8) is 0 Å². The Morgan fingerprint density at radius 1 is 0.638 bits per heavy atom. The zero-order valence-corrected chi connectivity index (χ0v) is 32.7. The molecule has 1 unspecified atom stereocenters. The van der Waals surface area contributed by atoms with Crippen molar-refractivity contribution < 1.29 is 86.0 Å². The summed E-state index contributed by atoms with van der Waals surface area (Å²) in [6.07, 6.45) is -0.115. The zero-order valence-electron chi connectivity index (χ0n) is 32.7. The van der Waals surface area contributed by atoms with E-state index >= 15 is 0 Å². The third-order valence-electron chi connectivity index (χ3n) is 8.43. The van der Waals surface area contributed by atoms with Crippen LogP contribution in [0.5, 0.6) is 0 Å². The second-order valence-electron chi connectivity index (χ2n) is 13.1. The number of esters is 7. The van der Waals surface area contributed by atoms with Gasteiger partial charge in [0.2, 0.25) is 0 Å². The van der Waals surface area contributed by atoms with Crippen LogP contribution in [0.2, 0.25) is 0 Å². The van der Waals surface area contributed by atoms with Gasteiger partial charge in [0.1, 0.15) is 32.0 Å². The summed E-state index contributed by atoms with van der Waals surface area (Å²) in [6, 6.07) is 0. The Morgan fingerprint density at radius 2 is 1.09 bits per heavy atom. The van der Waals surface area contributed by atoms with Crippen molar-refractivity contribution in [3.05, 3.63) is 48.1 Å². The summed E-state index contributed by atoms with van der Waals surface area (Å²) in [5.74, 6) is 0.663. The number of aliphatic hydroxyl groups excluding tert-OH is 1. The highest BCUT2D eigenvalue weighted by Crippen LogP contribution is 2.34. The van der Waals surface area contributed by atoms with E-state index in [2.05, 4.69) is 11.8 Å². The molecule has 4 aliphatic rings. The number of hydrogen-bond donors (Lipinski definition) is 1. The van der Waals surface area contributed by atoms with E-state index in [0.29, 0.717) is 5.57 Å². The van der Waals surface area contributed by atoms with Gasteiger partial charge in [0.05, 0.1) is 5.57 Å². The van der Waals surface area contributed by atoms with E-state index in [1.54, 1.807) is 24.6 Å². The fourth-order valence-corrected chi connectivity index (χ4v) is 6.18. The minimum Gasteiger partial charge on any atom is -0.463 e. The minimum absolute atomic E-state index is 0.179. The van der Waals surface area contributed by atoms with Crippen LogP contribution in [-0.4, -0.2) is 138 Å². The normalized spacial score (nSPS) is 26.5. The Kier molecular flexibility index (Phi) is 16.4. The summed E-state index contributed by atoms with van der Waals surface area (Å²) in [6.45, 7) is 5.92. The largest absolute Gasteiger partial charge is 0.463 e. The van der Waals surface area contributed by atoms with E-state index in [0.717, 1.165) is 0 Å². The van der Waals surface area contributed by atoms with Crippen molar-refractivity contribution in [3.8, 4) is 11.8 Å². The second-order valence-corrected chi connectivity index (χ2v) is 13.1. The molecule has 4 aliphatic heterocycles. The molecular weight excluding hydrogens is 772 g/mol. The van der Waals surface area contributed by atoms with Crippen molar-refractivity contribution in [2.75, 3.05) is 26.4 Å². The van der Waals surface area contributed by atoms with E-state index in [-0.39, 0.29) is 44.8 Å². The molecule has 9 atom stereocenters. The van der Waals surface area contributed by atoms with Crippen LogP contribution in [0.1, 0.15) is 54.4 Å². The molecular formula is C38H46N2O18. The first-order valence-electron chi connectivity index (χ1n) is 18.0. The summed E-state index contributed by atoms with van der Waals surface area (Å²) in [5, 5.41) is 10.8. The number of nitrogens with zero attached hydrogens (tertiary/aromatic N) is 2. The third kappa shape index (κ3) is 12.9. The van der Waals surface area contributed by atoms with Gasteiger partial charge in [-0.05, 0) is 6.42 Å². The molecule has 4 heterocycles. The SMILES string of the molecule is CC(=O)OC[C@H]1O[C@@H](N2C=CCC(C(=O)OCC#CCOC(O)C3=CN([C@@H]4O[C@H](COC(C)=O)[C@@H](OC(C)=O)[C@H]4OC(C)=O)C=CC3)=C2)[C@H](OC(C)=O)[C@@H]1OC(C)=O. The molecule has 58 heavy (non-hydrogen) atoms. The number of allylic oxidation sites excluding steroid dienone is 2. The Hall–Kier alpha value is -5.75. The van der Waals surface area contributed by atoms with Crippen molar-refractivity contribution in [1.29, 1.82) is 0 Å². The Balaban J connectivity index is 1.34. The van der Waals surface area contributed by atoms with Crippen LogP contribution in [0, 0.1) is 11.8 Å². The zero-order chi connectivity index (χ0) is 42.5. The van der Waals surface area contributed by atoms with Crippen LogP contribution in [-0.2, 0) is 80.9 Å². The predicted octanol–water partition coefficient (Wildman–Crippen LogP) is 0.377. The molecule has 2 saturated heterocycles. The van der Waals surface area contributed by atoms with Crippen molar-refractivity contribution in [2.24, 2.45) is 0 Å². The quantitative estimate of drug-likeness (QED) is 0.102. The smallest absolute Gasteiger partial charge is 0.336 e. The summed E-state index contributed by atoms with van der Waals surface area (Å²) < 4.78 is 54.6. The average molecular weight is 819 g/mol. The first-order chi connectivity index (χ1) is 27.5. The number of carbonyl (C=O) groups is 7. The van der Waals surface area contributed by atoms with Gasteiger partial charge in [0.15, 0.2) is 49.8 Å². The van der Waals surface area contributed by atoms with Gasteiger partial charge in [0, 0.05) is 78.3 Å². The standard InChI is InChI=1S/C38H46N2O18/c1-21(41)51-19-29-31(53-23(3)43)33(55-25(5)45)35(57-29)39-13-9-11-27(17-39)37(47)49-15-7-8-16-50-38(48)28-12-10-14-40(18-28)36-34(56-26(6)46)32(54-24(4)44)30(58-36)20-52-22(2)42/h9-10,13-14,17-18,29-37,47H,11-12,15-16,19-20H2,1-6H3/t29-,30-,31-,32-,33-,34-,35-,36-,37?/m1/s1. The van der Waals surface area contributed by atoms with Gasteiger partial charge in [-0.2, -0.15) is 0 Å². The first-order valence-corrected chi connectivity index (χ1v) is 18.0. The van der Waals surface area contributed by atoms with Crippen LogP contribution < -0.4 is 0 Å². The highest BCUT2D eigenvalue weighted by Gasteiger charge is 2.53. The number of hydrogen-bond acceptors (Lipinski definition) is 20. The van der Waals surface area contributed by atoms with E-state index in [1.807, 2.05) is 0 Å². The lowest BCUT2D eigenvalue weighted by atomic mass is 10.1. The van der Waals surface area contributed by atoms with Crippen LogP contribution in [0.3, 0.4) is 0 Å². The van der Waals surface area contributed by atoms with Crippen molar-refractivity contribution in [2.45, 2.75) is 110 Å². The lowest BCUT2D eigenvalue weighted by Gasteiger charge is -2.31. The lowest BCUT2D eigenvalue weighted by Crippen LogP contribution is -2.45. The van der Waals surface area contributed by atoms with Gasteiger partial charge in [-0.15, -0.1) is 0 Å². The topological polar surface area (TPSA) is 238 Å². The molecule has 20 heteroatoms. The van der Waals surface area contributed by atoms with E-state index in [4.69, 9.17) is 47.4 Å². The Labute approximate surface area is 333 Å². The second kappa shape index (κ2) is 21.1. The maximum atomic E-state index is 13.0. The summed E-state index contributed by atoms with van der Waals surface area (Å²) >= 11 is 0. The number of rotatable bonds is 15. The molecule has 0 bridgehead atoms. The maximum absolute atomic E-state index is 13.0. The lowest BCUT2D eigenvalue weighted by molar-refractivity contribution is -0.166. The van der Waals surface area contributed by atoms with Crippen LogP contribution in [0.25, 0.3) is 0 Å². The maximum Gasteiger partial charge on any atom is 0.336 e. The van der Waals surface area contributed by atoms with Gasteiger partial charge in [-0.1, -0.05) is 24.0 Å². The monoisotopic (exact) mass is 818 g/mol. The molecule has 0 aromatic rings. The molecule has 20 nitrogen and oxygen atoms in total. The molecule has 316 valence electrons. The molecule has 0 amide bonds. The highest BCUT2D eigenvalue weighted by molar-refractivity contribution is 5.89. The summed E-state index contributed by atoms with van der Waals surface area (Å²) in [4.78, 5) is 86.6. The Morgan fingerprint density at radius 3 is 1.57 bits per heavy atom. The van der Waals surface area contributed by atoms with Crippen molar-refractivity contribution >= 4 is 41.8 Å². The average Bonchev–Trinajstić information content (AvgIpc) is 3.66. The highest BCUT2D eigenvalue weighted by atomic mass is 16.7. The molecule has 0 radical (unpaired) electrons. The molecule has 0 aromatic heterocycles. The van der Waals surface area contributed by atoms with Crippen LogP contribution in [0.4, 0.5) is 0 Å². The van der Waals surface area contributed by atoms with E-state index in [1.165, 1.54) is 63.7 Å². The fourth-order valence-electron chi connectivity index (χ4n) is 6.18. The molecule has 2 fully saturated rings. The molecule has 4 rings (SSSR count). The summed E-state index contributed by atoms with van der Waals surface area (Å²) in [7, 11) is 0. The van der Waals surface area contributed by atoms with Gasteiger partial charge in [0.25, 0.3) is 0 Å². The fraction of sp³-hybridized carbons (Fsp3) is 0.553. The van der Waals surface area contributed by atoms with Crippen LogP contribution in [0.15, 0.2) is 48.1 Å². The van der Waals surface area contributed by atoms with Crippen LogP contribution >= 0.6 is 0 Å².